The molecule has 1 aliphatic heterocycles. The topological polar surface area (TPSA) is 55.4 Å². The minimum atomic E-state index is -0.517. The first-order chi connectivity index (χ1) is 8.63. The van der Waals surface area contributed by atoms with E-state index < -0.39 is 5.41 Å². The second-order valence-corrected chi connectivity index (χ2v) is 5.15. The Balaban J connectivity index is 1.97. The fraction of sp³-hybridized carbons (Fsp3) is 0.429. The summed E-state index contributed by atoms with van der Waals surface area (Å²) in [6.45, 7) is 0. The smallest absolute Gasteiger partial charge is 0.233 e. The zero-order valence-electron chi connectivity index (χ0n) is 10.3. The van der Waals surface area contributed by atoms with Crippen molar-refractivity contribution in [3.8, 4) is 5.75 Å². The molecular weight excluding hydrogens is 230 g/mol. The third-order valence-electron chi connectivity index (χ3n) is 4.05. The minimum absolute atomic E-state index is 0.110. The van der Waals surface area contributed by atoms with Crippen LogP contribution in [-0.2, 0) is 22.4 Å². The minimum Gasteiger partial charge on any atom is -0.497 e. The van der Waals surface area contributed by atoms with Crippen molar-refractivity contribution in [2.45, 2.75) is 25.7 Å². The van der Waals surface area contributed by atoms with E-state index in [0.29, 0.717) is 12.8 Å². The lowest BCUT2D eigenvalue weighted by molar-refractivity contribution is -0.129. The van der Waals surface area contributed by atoms with Crippen LogP contribution >= 0.6 is 0 Å². The van der Waals surface area contributed by atoms with Crippen LogP contribution in [0.5, 0.6) is 5.75 Å². The lowest BCUT2D eigenvalue weighted by Crippen LogP contribution is -2.36. The molecule has 1 N–H and O–H groups in total. The van der Waals surface area contributed by atoms with Crippen molar-refractivity contribution in [1.82, 2.24) is 5.32 Å². The van der Waals surface area contributed by atoms with Gasteiger partial charge in [-0.2, -0.15) is 0 Å². The maximum atomic E-state index is 12.0. The Hall–Kier alpha value is -1.84. The van der Waals surface area contributed by atoms with E-state index >= 15 is 0 Å². The van der Waals surface area contributed by atoms with Gasteiger partial charge < -0.3 is 4.74 Å². The number of ether oxygens (including phenoxy) is 1. The monoisotopic (exact) mass is 245 g/mol. The maximum Gasteiger partial charge on any atom is 0.233 e. The van der Waals surface area contributed by atoms with Gasteiger partial charge in [-0.15, -0.1) is 0 Å². The Labute approximate surface area is 105 Å². The van der Waals surface area contributed by atoms with Crippen molar-refractivity contribution in [2.75, 3.05) is 7.11 Å². The van der Waals surface area contributed by atoms with Crippen LogP contribution in [0.3, 0.4) is 0 Å². The van der Waals surface area contributed by atoms with E-state index in [1.807, 2.05) is 12.1 Å². The van der Waals surface area contributed by atoms with Gasteiger partial charge in [0.2, 0.25) is 11.8 Å². The lowest BCUT2D eigenvalue weighted by atomic mass is 9.70. The zero-order chi connectivity index (χ0) is 12.8. The Bertz CT molecular complexity index is 538. The molecular formula is C14H15NO3. The van der Waals surface area contributed by atoms with E-state index in [1.54, 1.807) is 7.11 Å². The first kappa shape index (κ1) is 11.3. The molecule has 0 saturated carbocycles. The predicted octanol–water partition coefficient (Wildman–Crippen LogP) is 1.22. The maximum absolute atomic E-state index is 12.0. The molecule has 94 valence electrons. The van der Waals surface area contributed by atoms with Gasteiger partial charge in [0, 0.05) is 6.42 Å². The van der Waals surface area contributed by atoms with Crippen molar-refractivity contribution in [2.24, 2.45) is 5.41 Å². The van der Waals surface area contributed by atoms with Crippen LogP contribution in [0.4, 0.5) is 0 Å². The fourth-order valence-electron chi connectivity index (χ4n) is 3.00. The average molecular weight is 245 g/mol. The van der Waals surface area contributed by atoms with Gasteiger partial charge in [0.15, 0.2) is 0 Å². The van der Waals surface area contributed by atoms with Gasteiger partial charge in [0.05, 0.1) is 12.5 Å². The molecule has 3 rings (SSSR count). The average Bonchev–Trinajstić information content (AvgIpc) is 2.63. The van der Waals surface area contributed by atoms with Crippen LogP contribution in [0, 0.1) is 5.41 Å². The van der Waals surface area contributed by atoms with Crippen molar-refractivity contribution >= 4 is 11.8 Å². The molecule has 4 heteroatoms. The summed E-state index contributed by atoms with van der Waals surface area (Å²) < 4.78 is 5.21. The highest BCUT2D eigenvalue weighted by atomic mass is 16.5. The molecule has 1 atom stereocenters. The normalized spacial score (nSPS) is 26.1. The van der Waals surface area contributed by atoms with E-state index in [2.05, 4.69) is 11.4 Å². The second kappa shape index (κ2) is 3.83. The van der Waals surface area contributed by atoms with Gasteiger partial charge in [-0.3, -0.25) is 14.9 Å². The SMILES string of the molecule is COc1ccc2c(c1)CC1(CC2)CC(=O)NC1=O. The van der Waals surface area contributed by atoms with Gasteiger partial charge in [0.25, 0.3) is 0 Å². The Morgan fingerprint density at radius 1 is 1.22 bits per heavy atom. The van der Waals surface area contributed by atoms with Crippen molar-refractivity contribution in [1.29, 1.82) is 0 Å². The number of fused-ring (bicyclic) bond motifs is 1. The molecule has 1 spiro atoms. The third-order valence-corrected chi connectivity index (χ3v) is 4.05. The molecule has 2 aliphatic rings. The second-order valence-electron chi connectivity index (χ2n) is 5.15. The first-order valence-corrected chi connectivity index (χ1v) is 6.13. The molecule has 1 fully saturated rings. The Morgan fingerprint density at radius 3 is 2.72 bits per heavy atom. The van der Waals surface area contributed by atoms with Crippen molar-refractivity contribution in [3.05, 3.63) is 29.3 Å². The molecule has 1 saturated heterocycles. The number of methoxy groups -OCH3 is 1. The van der Waals surface area contributed by atoms with Crippen LogP contribution in [0.25, 0.3) is 0 Å². The number of carbonyl (C=O) groups excluding carboxylic acids is 2. The standard InChI is InChI=1S/C14H15NO3/c1-18-11-3-2-9-4-5-14(7-10(9)6-11)8-12(16)15-13(14)17/h2-3,6H,4-5,7-8H2,1H3,(H,15,16,17). The van der Waals surface area contributed by atoms with E-state index in [9.17, 15) is 9.59 Å². The van der Waals surface area contributed by atoms with Crippen LogP contribution in [0.1, 0.15) is 24.0 Å². The molecule has 4 nitrogen and oxygen atoms in total. The van der Waals surface area contributed by atoms with Gasteiger partial charge in [-0.25, -0.2) is 0 Å². The summed E-state index contributed by atoms with van der Waals surface area (Å²) >= 11 is 0. The zero-order valence-corrected chi connectivity index (χ0v) is 10.3. The number of nitrogens with one attached hydrogen (secondary N) is 1. The summed E-state index contributed by atoms with van der Waals surface area (Å²) in [5, 5.41) is 2.43. The molecule has 18 heavy (non-hydrogen) atoms. The number of imide groups is 1. The first-order valence-electron chi connectivity index (χ1n) is 6.13. The number of hydrogen-bond acceptors (Lipinski definition) is 3. The Morgan fingerprint density at radius 2 is 2.06 bits per heavy atom. The van der Waals surface area contributed by atoms with Gasteiger partial charge in [0.1, 0.15) is 5.75 Å². The number of rotatable bonds is 1. The van der Waals surface area contributed by atoms with Crippen LogP contribution in [-0.4, -0.2) is 18.9 Å². The van der Waals surface area contributed by atoms with E-state index in [1.165, 1.54) is 5.56 Å². The summed E-state index contributed by atoms with van der Waals surface area (Å²) in [5.74, 6) is 0.544. The predicted molar refractivity (Wildman–Crippen MR) is 65.2 cm³/mol. The quantitative estimate of drug-likeness (QED) is 0.757. The highest BCUT2D eigenvalue weighted by Crippen LogP contribution is 2.42. The third kappa shape index (κ3) is 1.60. The molecule has 1 aromatic carbocycles. The number of amides is 2. The molecule has 0 radical (unpaired) electrons. The lowest BCUT2D eigenvalue weighted by Gasteiger charge is -2.31. The molecule has 1 unspecified atom stereocenters. The molecule has 1 aliphatic carbocycles. The highest BCUT2D eigenvalue weighted by Gasteiger charge is 2.48. The summed E-state index contributed by atoms with van der Waals surface area (Å²) in [5.41, 5.74) is 1.87. The molecule has 0 aromatic heterocycles. The highest BCUT2D eigenvalue weighted by molar-refractivity contribution is 6.06. The summed E-state index contributed by atoms with van der Waals surface area (Å²) in [6, 6.07) is 5.97. The number of benzene rings is 1. The molecule has 0 bridgehead atoms. The number of hydrogen-bond donors (Lipinski definition) is 1. The summed E-state index contributed by atoms with van der Waals surface area (Å²) in [7, 11) is 1.63. The van der Waals surface area contributed by atoms with Crippen molar-refractivity contribution in [3.63, 3.8) is 0 Å². The van der Waals surface area contributed by atoms with Crippen LogP contribution in [0.15, 0.2) is 18.2 Å². The van der Waals surface area contributed by atoms with Gasteiger partial charge in [-0.05, 0) is 42.5 Å². The summed E-state index contributed by atoms with van der Waals surface area (Å²) in [6.07, 6.45) is 2.56. The van der Waals surface area contributed by atoms with E-state index in [4.69, 9.17) is 4.74 Å². The molecule has 1 aromatic rings. The van der Waals surface area contributed by atoms with Crippen LogP contribution < -0.4 is 10.1 Å². The largest absolute Gasteiger partial charge is 0.497 e. The van der Waals surface area contributed by atoms with E-state index in [0.717, 1.165) is 24.2 Å². The summed E-state index contributed by atoms with van der Waals surface area (Å²) in [4.78, 5) is 23.4. The van der Waals surface area contributed by atoms with Gasteiger partial charge >= 0.3 is 0 Å². The molecule has 1 heterocycles. The number of aryl methyl sites for hydroxylation is 1. The fourth-order valence-corrected chi connectivity index (χ4v) is 3.00. The Kier molecular flexibility index (Phi) is 2.40. The molecule has 2 amide bonds. The van der Waals surface area contributed by atoms with Gasteiger partial charge in [-0.1, -0.05) is 6.07 Å². The van der Waals surface area contributed by atoms with Crippen LogP contribution in [0.2, 0.25) is 0 Å². The number of carbonyl (C=O) groups is 2. The van der Waals surface area contributed by atoms with Crippen molar-refractivity contribution < 1.29 is 14.3 Å². The van der Waals surface area contributed by atoms with E-state index in [-0.39, 0.29) is 11.8 Å².